The number of amides is 3. The Morgan fingerprint density at radius 3 is 2.32 bits per heavy atom. The zero-order valence-electron chi connectivity index (χ0n) is 14.8. The fraction of sp³-hybridized carbons (Fsp3) is 0.471. The number of carbonyl (C=O) groups is 3. The maximum absolute atomic E-state index is 12.3. The molecule has 0 fully saturated rings. The number of nitrogens with one attached hydrogen (secondary N) is 1. The number of halogens is 1. The van der Waals surface area contributed by atoms with Crippen LogP contribution in [0.4, 0.5) is 4.79 Å². The number of nitrogens with zero attached hydrogens (tertiary/aromatic N) is 2. The molecule has 0 spiro atoms. The molecule has 0 aliphatic heterocycles. The molecule has 0 bridgehead atoms. The quantitative estimate of drug-likeness (QED) is 0.757. The van der Waals surface area contributed by atoms with Crippen LogP contribution in [0, 0.1) is 0 Å². The first-order valence-corrected chi connectivity index (χ1v) is 8.40. The second kappa shape index (κ2) is 10.7. The third-order valence-corrected chi connectivity index (χ3v) is 3.70. The molecule has 0 heterocycles. The first-order chi connectivity index (χ1) is 11.8. The molecular formula is C17H24ClN3O4. The van der Waals surface area contributed by atoms with Crippen LogP contribution < -0.4 is 5.32 Å². The Labute approximate surface area is 152 Å². The summed E-state index contributed by atoms with van der Waals surface area (Å²) in [4.78, 5) is 38.6. The molecule has 0 radical (unpaired) electrons. The number of alkyl carbamates (subject to hydrolysis) is 1. The predicted octanol–water partition coefficient (Wildman–Crippen LogP) is 1.89. The predicted molar refractivity (Wildman–Crippen MR) is 95.2 cm³/mol. The van der Waals surface area contributed by atoms with E-state index in [0.29, 0.717) is 18.1 Å². The molecule has 0 saturated heterocycles. The topological polar surface area (TPSA) is 79.0 Å². The average Bonchev–Trinajstić information content (AvgIpc) is 2.56. The van der Waals surface area contributed by atoms with Crippen molar-refractivity contribution in [1.82, 2.24) is 15.1 Å². The molecule has 138 valence electrons. The first kappa shape index (κ1) is 20.9. The zero-order chi connectivity index (χ0) is 18.8. The molecule has 0 atom stereocenters. The number of carbonyl (C=O) groups excluding carboxylic acids is 3. The van der Waals surface area contributed by atoms with Gasteiger partial charge in [0.15, 0.2) is 0 Å². The molecule has 0 saturated carbocycles. The Kier molecular flexibility index (Phi) is 8.94. The van der Waals surface area contributed by atoms with Crippen LogP contribution in [0.2, 0.25) is 5.02 Å². The lowest BCUT2D eigenvalue weighted by Gasteiger charge is -2.23. The van der Waals surface area contributed by atoms with Gasteiger partial charge in [-0.3, -0.25) is 19.8 Å². The Morgan fingerprint density at radius 1 is 1.12 bits per heavy atom. The van der Waals surface area contributed by atoms with Crippen LogP contribution in [0.3, 0.4) is 0 Å². The number of imide groups is 1. The fourth-order valence-corrected chi connectivity index (χ4v) is 2.19. The fourth-order valence-electron chi connectivity index (χ4n) is 2.07. The maximum Gasteiger partial charge on any atom is 0.413 e. The third kappa shape index (κ3) is 8.00. The largest absolute Gasteiger partial charge is 0.450 e. The van der Waals surface area contributed by atoms with Crippen molar-refractivity contribution >= 4 is 29.5 Å². The summed E-state index contributed by atoms with van der Waals surface area (Å²) < 4.78 is 4.65. The average molecular weight is 370 g/mol. The summed E-state index contributed by atoms with van der Waals surface area (Å²) in [6.45, 7) is 4.64. The molecule has 0 aromatic heterocycles. The lowest BCUT2D eigenvalue weighted by atomic mass is 10.2. The minimum Gasteiger partial charge on any atom is -0.450 e. The molecule has 0 unspecified atom stereocenters. The van der Waals surface area contributed by atoms with E-state index in [0.717, 1.165) is 5.56 Å². The SMILES string of the molecule is CCOC(=O)NC(=O)CN(CC)CC(=O)N(C)Cc1ccc(Cl)cc1. The summed E-state index contributed by atoms with van der Waals surface area (Å²) in [6, 6.07) is 7.26. The zero-order valence-corrected chi connectivity index (χ0v) is 15.5. The minimum absolute atomic E-state index is 0.0597. The van der Waals surface area contributed by atoms with Gasteiger partial charge in [0.2, 0.25) is 11.8 Å². The molecule has 25 heavy (non-hydrogen) atoms. The van der Waals surface area contributed by atoms with Gasteiger partial charge in [-0.05, 0) is 31.2 Å². The van der Waals surface area contributed by atoms with E-state index in [1.807, 2.05) is 19.1 Å². The van der Waals surface area contributed by atoms with E-state index < -0.39 is 12.0 Å². The van der Waals surface area contributed by atoms with Gasteiger partial charge < -0.3 is 9.64 Å². The second-order valence-corrected chi connectivity index (χ2v) is 5.88. The van der Waals surface area contributed by atoms with Gasteiger partial charge in [0, 0.05) is 18.6 Å². The van der Waals surface area contributed by atoms with Gasteiger partial charge in [0.25, 0.3) is 0 Å². The van der Waals surface area contributed by atoms with Gasteiger partial charge in [-0.15, -0.1) is 0 Å². The van der Waals surface area contributed by atoms with E-state index in [4.69, 9.17) is 11.6 Å². The van der Waals surface area contributed by atoms with Crippen molar-refractivity contribution in [2.45, 2.75) is 20.4 Å². The molecule has 1 N–H and O–H groups in total. The Morgan fingerprint density at radius 2 is 1.76 bits per heavy atom. The van der Waals surface area contributed by atoms with Crippen LogP contribution in [0.15, 0.2) is 24.3 Å². The molecule has 3 amide bonds. The summed E-state index contributed by atoms with van der Waals surface area (Å²) in [5.41, 5.74) is 0.961. The molecule has 0 aliphatic carbocycles. The normalized spacial score (nSPS) is 10.4. The van der Waals surface area contributed by atoms with Crippen LogP contribution in [-0.2, 0) is 20.9 Å². The summed E-state index contributed by atoms with van der Waals surface area (Å²) in [7, 11) is 1.70. The van der Waals surface area contributed by atoms with Gasteiger partial charge in [-0.1, -0.05) is 30.7 Å². The van der Waals surface area contributed by atoms with Gasteiger partial charge in [0.1, 0.15) is 0 Å². The van der Waals surface area contributed by atoms with Crippen molar-refractivity contribution in [3.05, 3.63) is 34.9 Å². The molecule has 7 nitrogen and oxygen atoms in total. The van der Waals surface area contributed by atoms with Crippen molar-refractivity contribution in [1.29, 1.82) is 0 Å². The molecular weight excluding hydrogens is 346 g/mol. The van der Waals surface area contributed by atoms with Crippen molar-refractivity contribution in [3.8, 4) is 0 Å². The standard InChI is InChI=1S/C17H24ClN3O4/c1-4-21(11-15(22)19-17(24)25-5-2)12-16(23)20(3)10-13-6-8-14(18)9-7-13/h6-9H,4-5,10-12H2,1-3H3,(H,19,22,24). The second-order valence-electron chi connectivity index (χ2n) is 5.45. The van der Waals surface area contributed by atoms with Crippen LogP contribution in [-0.4, -0.2) is 61.0 Å². The number of hydrogen-bond acceptors (Lipinski definition) is 5. The van der Waals surface area contributed by atoms with Crippen LogP contribution >= 0.6 is 11.6 Å². The Balaban J connectivity index is 2.49. The van der Waals surface area contributed by atoms with E-state index >= 15 is 0 Å². The van der Waals surface area contributed by atoms with Gasteiger partial charge >= 0.3 is 6.09 Å². The lowest BCUT2D eigenvalue weighted by Crippen LogP contribution is -2.44. The van der Waals surface area contributed by atoms with Gasteiger partial charge in [-0.25, -0.2) is 4.79 Å². The highest BCUT2D eigenvalue weighted by Gasteiger charge is 2.17. The highest BCUT2D eigenvalue weighted by atomic mass is 35.5. The number of rotatable bonds is 8. The van der Waals surface area contributed by atoms with Crippen molar-refractivity contribution in [3.63, 3.8) is 0 Å². The minimum atomic E-state index is -0.783. The van der Waals surface area contributed by atoms with E-state index in [1.165, 1.54) is 0 Å². The number of hydrogen-bond donors (Lipinski definition) is 1. The van der Waals surface area contributed by atoms with Gasteiger partial charge in [0.05, 0.1) is 19.7 Å². The number of benzene rings is 1. The summed E-state index contributed by atoms with van der Waals surface area (Å²) in [6.07, 6.45) is -0.783. The molecule has 1 aromatic carbocycles. The summed E-state index contributed by atoms with van der Waals surface area (Å²) in [5, 5.41) is 2.76. The molecule has 1 aromatic rings. The van der Waals surface area contributed by atoms with Crippen LogP contribution in [0.1, 0.15) is 19.4 Å². The number of likely N-dealkylation sites (N-methyl/N-ethyl adjacent to an activating group) is 2. The van der Waals surface area contributed by atoms with E-state index in [2.05, 4.69) is 10.1 Å². The summed E-state index contributed by atoms with van der Waals surface area (Å²) >= 11 is 5.84. The van der Waals surface area contributed by atoms with Crippen molar-refractivity contribution < 1.29 is 19.1 Å². The number of ether oxygens (including phenoxy) is 1. The maximum atomic E-state index is 12.3. The monoisotopic (exact) mass is 369 g/mol. The highest BCUT2D eigenvalue weighted by Crippen LogP contribution is 2.11. The highest BCUT2D eigenvalue weighted by molar-refractivity contribution is 6.30. The first-order valence-electron chi connectivity index (χ1n) is 8.03. The molecule has 8 heteroatoms. The van der Waals surface area contributed by atoms with Crippen molar-refractivity contribution in [2.75, 3.05) is 33.3 Å². The lowest BCUT2D eigenvalue weighted by molar-refractivity contribution is -0.132. The smallest absolute Gasteiger partial charge is 0.413 e. The van der Waals surface area contributed by atoms with E-state index in [-0.39, 0.29) is 25.6 Å². The van der Waals surface area contributed by atoms with Crippen LogP contribution in [0.25, 0.3) is 0 Å². The van der Waals surface area contributed by atoms with E-state index in [1.54, 1.807) is 35.9 Å². The van der Waals surface area contributed by atoms with Gasteiger partial charge in [-0.2, -0.15) is 0 Å². The summed E-state index contributed by atoms with van der Waals surface area (Å²) in [5.74, 6) is -0.630. The van der Waals surface area contributed by atoms with E-state index in [9.17, 15) is 14.4 Å². The Bertz CT molecular complexity index is 592. The Hall–Kier alpha value is -2.12. The van der Waals surface area contributed by atoms with Crippen LogP contribution in [0.5, 0.6) is 0 Å². The molecule has 1 rings (SSSR count). The third-order valence-electron chi connectivity index (χ3n) is 3.45. The van der Waals surface area contributed by atoms with Crippen molar-refractivity contribution in [2.24, 2.45) is 0 Å². The molecule has 0 aliphatic rings.